The molecule has 5 heteroatoms. The van der Waals surface area contributed by atoms with Gasteiger partial charge in [0.1, 0.15) is 11.5 Å². The van der Waals surface area contributed by atoms with E-state index in [1.807, 2.05) is 66.7 Å². The Hall–Kier alpha value is -7.68. The first kappa shape index (κ1) is 32.9. The molecular weight excluding hydrogens is 685 g/mol. The summed E-state index contributed by atoms with van der Waals surface area (Å²) in [5, 5.41) is 11.5. The SMILES string of the molecule is N#Cc1ccc(-c2ccc(-c3nc(-c4ccc5ccccc5c4)nc(-c4cccc5c4Oc4ccccc4C5(c4ccccc4)c4ccccc4)n3)cc2)cc1. The van der Waals surface area contributed by atoms with Crippen LogP contribution in [0.2, 0.25) is 0 Å². The molecule has 2 heterocycles. The Morgan fingerprint density at radius 3 is 1.66 bits per heavy atom. The molecule has 0 fully saturated rings. The summed E-state index contributed by atoms with van der Waals surface area (Å²) in [5.41, 5.74) is 8.87. The number of fused-ring (bicyclic) bond motifs is 3. The number of para-hydroxylation sites is 2. The normalized spacial score (nSPS) is 12.6. The molecule has 10 rings (SSSR count). The van der Waals surface area contributed by atoms with E-state index >= 15 is 0 Å². The summed E-state index contributed by atoms with van der Waals surface area (Å²) in [6.45, 7) is 0. The topological polar surface area (TPSA) is 71.7 Å². The zero-order valence-corrected chi connectivity index (χ0v) is 30.2. The van der Waals surface area contributed by atoms with Gasteiger partial charge in [-0.3, -0.25) is 0 Å². The first-order chi connectivity index (χ1) is 27.7. The van der Waals surface area contributed by atoms with Crippen molar-refractivity contribution in [2.45, 2.75) is 5.41 Å². The molecule has 0 aliphatic carbocycles. The number of rotatable bonds is 6. The Balaban J connectivity index is 1.19. The first-order valence-electron chi connectivity index (χ1n) is 18.6. The molecule has 0 saturated heterocycles. The van der Waals surface area contributed by atoms with Crippen LogP contribution in [0.3, 0.4) is 0 Å². The number of nitrogens with zero attached hydrogens (tertiary/aromatic N) is 4. The Labute approximate surface area is 324 Å². The van der Waals surface area contributed by atoms with Gasteiger partial charge in [-0.05, 0) is 63.4 Å². The van der Waals surface area contributed by atoms with E-state index in [0.717, 1.165) is 66.6 Å². The molecule has 262 valence electrons. The third-order valence-corrected chi connectivity index (χ3v) is 10.7. The number of hydrogen-bond acceptors (Lipinski definition) is 5. The van der Waals surface area contributed by atoms with Gasteiger partial charge in [-0.1, -0.05) is 164 Å². The number of benzene rings is 8. The van der Waals surface area contributed by atoms with Gasteiger partial charge in [0.15, 0.2) is 17.5 Å². The summed E-state index contributed by atoms with van der Waals surface area (Å²) in [7, 11) is 0. The monoisotopic (exact) mass is 716 g/mol. The van der Waals surface area contributed by atoms with E-state index in [-0.39, 0.29) is 0 Å². The lowest BCUT2D eigenvalue weighted by molar-refractivity contribution is 0.436. The lowest BCUT2D eigenvalue weighted by Crippen LogP contribution is -2.34. The minimum Gasteiger partial charge on any atom is -0.456 e. The molecule has 0 saturated carbocycles. The molecular formula is C51H32N4O. The molecule has 0 radical (unpaired) electrons. The van der Waals surface area contributed by atoms with Crippen LogP contribution < -0.4 is 4.74 Å². The van der Waals surface area contributed by atoms with Gasteiger partial charge in [0.25, 0.3) is 0 Å². The summed E-state index contributed by atoms with van der Waals surface area (Å²) in [4.78, 5) is 15.5. The van der Waals surface area contributed by atoms with E-state index < -0.39 is 5.41 Å². The van der Waals surface area contributed by atoms with Crippen LogP contribution in [0.1, 0.15) is 27.8 Å². The second kappa shape index (κ2) is 13.6. The maximum Gasteiger partial charge on any atom is 0.167 e. The van der Waals surface area contributed by atoms with Crippen molar-refractivity contribution in [1.82, 2.24) is 15.0 Å². The highest BCUT2D eigenvalue weighted by Crippen LogP contribution is 2.57. The molecule has 1 aliphatic heterocycles. The Morgan fingerprint density at radius 1 is 0.429 bits per heavy atom. The van der Waals surface area contributed by atoms with Crippen LogP contribution in [-0.4, -0.2) is 15.0 Å². The molecule has 0 spiro atoms. The van der Waals surface area contributed by atoms with Gasteiger partial charge in [-0.2, -0.15) is 5.26 Å². The number of nitriles is 1. The van der Waals surface area contributed by atoms with Crippen molar-refractivity contribution >= 4 is 10.8 Å². The van der Waals surface area contributed by atoms with E-state index in [4.69, 9.17) is 19.7 Å². The maximum absolute atomic E-state index is 9.29. The van der Waals surface area contributed by atoms with Crippen molar-refractivity contribution in [3.05, 3.63) is 222 Å². The van der Waals surface area contributed by atoms with Gasteiger partial charge in [0.05, 0.1) is 22.6 Å². The lowest BCUT2D eigenvalue weighted by atomic mass is 9.63. The fourth-order valence-corrected chi connectivity index (χ4v) is 8.04. The van der Waals surface area contributed by atoms with E-state index in [1.54, 1.807) is 0 Å². The molecule has 8 aromatic carbocycles. The van der Waals surface area contributed by atoms with Crippen LogP contribution >= 0.6 is 0 Å². The predicted octanol–water partition coefficient (Wildman–Crippen LogP) is 12.1. The standard InChI is InChI=1S/C51H32N4O/c52-33-34-22-24-36(25-23-34)37-26-29-38(30-27-37)48-53-49(40-31-28-35-12-7-8-13-39(35)32-40)55-50(54-48)43-18-11-20-45-47(43)56-46-21-10-9-19-44(46)51(45,41-14-3-1-4-15-41)42-16-5-2-6-17-42/h1-32H. The van der Waals surface area contributed by atoms with Crippen LogP contribution in [-0.2, 0) is 5.41 Å². The molecule has 0 bridgehead atoms. The van der Waals surface area contributed by atoms with E-state index in [9.17, 15) is 5.26 Å². The number of hydrogen-bond donors (Lipinski definition) is 0. The molecule has 0 unspecified atom stereocenters. The van der Waals surface area contributed by atoms with Crippen LogP contribution in [0.15, 0.2) is 194 Å². The van der Waals surface area contributed by atoms with Crippen LogP contribution in [0, 0.1) is 11.3 Å². The summed E-state index contributed by atoms with van der Waals surface area (Å²) in [6, 6.07) is 68.6. The van der Waals surface area contributed by atoms with E-state index in [2.05, 4.69) is 133 Å². The largest absolute Gasteiger partial charge is 0.456 e. The van der Waals surface area contributed by atoms with Crippen LogP contribution in [0.25, 0.3) is 56.1 Å². The summed E-state index contributed by atoms with van der Waals surface area (Å²) >= 11 is 0. The first-order valence-corrected chi connectivity index (χ1v) is 18.6. The smallest absolute Gasteiger partial charge is 0.167 e. The Kier molecular flexibility index (Phi) is 8.01. The van der Waals surface area contributed by atoms with Gasteiger partial charge in [0, 0.05) is 22.3 Å². The van der Waals surface area contributed by atoms with Crippen molar-refractivity contribution in [1.29, 1.82) is 5.26 Å². The third-order valence-electron chi connectivity index (χ3n) is 10.7. The number of aromatic nitrogens is 3. The Morgan fingerprint density at radius 2 is 0.964 bits per heavy atom. The fourth-order valence-electron chi connectivity index (χ4n) is 8.04. The molecule has 1 aliphatic rings. The molecule has 5 nitrogen and oxygen atoms in total. The highest BCUT2D eigenvalue weighted by atomic mass is 16.5. The third kappa shape index (κ3) is 5.52. The fraction of sp³-hybridized carbons (Fsp3) is 0.0196. The Bertz CT molecular complexity index is 2900. The average molecular weight is 717 g/mol. The second-order valence-electron chi connectivity index (χ2n) is 13.9. The van der Waals surface area contributed by atoms with Gasteiger partial charge >= 0.3 is 0 Å². The number of ether oxygens (including phenoxy) is 1. The minimum absolute atomic E-state index is 0.514. The van der Waals surface area contributed by atoms with Gasteiger partial charge in [-0.25, -0.2) is 15.0 Å². The zero-order chi connectivity index (χ0) is 37.5. The maximum atomic E-state index is 9.29. The molecule has 0 amide bonds. The lowest BCUT2D eigenvalue weighted by Gasteiger charge is -2.42. The van der Waals surface area contributed by atoms with Crippen LogP contribution in [0.5, 0.6) is 11.5 Å². The van der Waals surface area contributed by atoms with Gasteiger partial charge in [0.2, 0.25) is 0 Å². The molecule has 1 aromatic heterocycles. The van der Waals surface area contributed by atoms with Gasteiger partial charge < -0.3 is 4.74 Å². The summed E-state index contributed by atoms with van der Waals surface area (Å²) in [5.74, 6) is 3.12. The summed E-state index contributed by atoms with van der Waals surface area (Å²) < 4.78 is 6.97. The molecule has 0 atom stereocenters. The predicted molar refractivity (Wildman–Crippen MR) is 222 cm³/mol. The quantitative estimate of drug-likeness (QED) is 0.171. The van der Waals surface area contributed by atoms with Crippen molar-refractivity contribution in [2.24, 2.45) is 0 Å². The minimum atomic E-state index is -0.680. The average Bonchev–Trinajstić information content (AvgIpc) is 3.28. The summed E-state index contributed by atoms with van der Waals surface area (Å²) in [6.07, 6.45) is 0. The van der Waals surface area contributed by atoms with E-state index in [1.165, 1.54) is 0 Å². The zero-order valence-electron chi connectivity index (χ0n) is 30.2. The van der Waals surface area contributed by atoms with Crippen molar-refractivity contribution < 1.29 is 4.74 Å². The second-order valence-corrected chi connectivity index (χ2v) is 13.9. The highest BCUT2D eigenvalue weighted by molar-refractivity contribution is 5.87. The molecule has 0 N–H and O–H groups in total. The van der Waals surface area contributed by atoms with E-state index in [0.29, 0.717) is 28.8 Å². The highest BCUT2D eigenvalue weighted by Gasteiger charge is 2.46. The molecule has 56 heavy (non-hydrogen) atoms. The van der Waals surface area contributed by atoms with Gasteiger partial charge in [-0.15, -0.1) is 0 Å². The molecule has 9 aromatic rings. The van der Waals surface area contributed by atoms with Crippen molar-refractivity contribution in [2.75, 3.05) is 0 Å². The van der Waals surface area contributed by atoms with Crippen molar-refractivity contribution in [3.8, 4) is 62.9 Å². The van der Waals surface area contributed by atoms with Crippen LogP contribution in [0.4, 0.5) is 0 Å². The van der Waals surface area contributed by atoms with Crippen molar-refractivity contribution in [3.63, 3.8) is 0 Å².